The van der Waals surface area contributed by atoms with Gasteiger partial charge in [0.1, 0.15) is 54.4 Å². The summed E-state index contributed by atoms with van der Waals surface area (Å²) in [5, 5.41) is 23.0. The van der Waals surface area contributed by atoms with Crippen molar-refractivity contribution < 1.29 is 57.8 Å². The molecule has 0 aliphatic carbocycles. The summed E-state index contributed by atoms with van der Waals surface area (Å²) in [7, 11) is 11.7. The van der Waals surface area contributed by atoms with Crippen molar-refractivity contribution in [2.24, 2.45) is 41.4 Å². The van der Waals surface area contributed by atoms with Crippen LogP contribution in [-0.2, 0) is 52.7 Å². The van der Waals surface area contributed by atoms with E-state index in [1.165, 1.54) is 80.6 Å². The minimum atomic E-state index is -1.61. The lowest BCUT2D eigenvalue weighted by molar-refractivity contribution is -0.157. The summed E-state index contributed by atoms with van der Waals surface area (Å²) in [5.41, 5.74) is 0. The van der Waals surface area contributed by atoms with Gasteiger partial charge in [-0.2, -0.15) is 0 Å². The number of hydrogen-bond donors (Lipinski definition) is 5. The number of amides is 11. The molecule has 0 aromatic rings. The van der Waals surface area contributed by atoms with Crippen molar-refractivity contribution in [3.8, 4) is 0 Å². The Hall–Kier alpha value is -6.13. The van der Waals surface area contributed by atoms with E-state index in [1.54, 1.807) is 74.7 Å². The Labute approximate surface area is 516 Å². The Bertz CT molecular complexity index is 2290. The van der Waals surface area contributed by atoms with Crippen molar-refractivity contribution in [2.45, 2.75) is 223 Å². The molecule has 0 aromatic carbocycles. The summed E-state index contributed by atoms with van der Waals surface area (Å²) in [5.74, 6) is -7.73. The molecular formula is C63H115N11O12. The topological polar surface area (TPSA) is 279 Å². The molecule has 23 nitrogen and oxygen atoms in total. The van der Waals surface area contributed by atoms with Gasteiger partial charge in [0.25, 0.3) is 0 Å². The van der Waals surface area contributed by atoms with E-state index in [2.05, 4.69) is 21.3 Å². The highest BCUT2D eigenvalue weighted by Crippen LogP contribution is 2.25. The average molecular weight is 1220 g/mol. The molecule has 0 aliphatic heterocycles. The van der Waals surface area contributed by atoms with Crippen molar-refractivity contribution >= 4 is 65.0 Å². The van der Waals surface area contributed by atoms with Crippen molar-refractivity contribution in [1.82, 2.24) is 55.6 Å². The number of likely N-dealkylation sites (N-methyl/N-ethyl adjacent to an activating group) is 7. The molecule has 0 rings (SSSR count). The monoisotopic (exact) mass is 1220 g/mol. The summed E-state index contributed by atoms with van der Waals surface area (Å²) in [6, 6.07) is -10.2. The molecule has 5 N–H and O–H groups in total. The smallest absolute Gasteiger partial charge is 0.246 e. The number of hydrogen-bond acceptors (Lipinski definition) is 12. The van der Waals surface area contributed by atoms with E-state index in [-0.39, 0.29) is 67.6 Å². The predicted octanol–water partition coefficient (Wildman–Crippen LogP) is 3.91. The van der Waals surface area contributed by atoms with Gasteiger partial charge in [-0.15, -0.1) is 0 Å². The first kappa shape index (κ1) is 79.9. The standard InChI is InChI=1S/C63H115N11O12/c1-26-28-29-42(15)54(77)53(57(80)66-45(27-2)59(82)69(20)35-50(76)70(21)46(32-37(5)6)56(79)67-51(40(11)12)62(85)68(18)19)74(25)63(86)52(41(13)14)73(24)61(84)48(34-39(9)10)72(23)60(83)47(33-38(7)8)71(22)58(81)44(17)65-55(78)43(16)64-49(75)31-30-36(3)4/h26,28,36-48,51-54,77H,27,29-35H2,1-25H3,(H,64,75)(H,65,78)(H,66,80)(H,67,79). The second-order valence-corrected chi connectivity index (χ2v) is 26.2. The zero-order valence-electron chi connectivity index (χ0n) is 57.2. The summed E-state index contributed by atoms with van der Waals surface area (Å²) in [4.78, 5) is 163. The van der Waals surface area contributed by atoms with Gasteiger partial charge in [0.05, 0.1) is 12.6 Å². The summed E-state index contributed by atoms with van der Waals surface area (Å²) >= 11 is 0. The van der Waals surface area contributed by atoms with Gasteiger partial charge in [-0.1, -0.05) is 109 Å². The first-order valence-corrected chi connectivity index (χ1v) is 30.9. The normalized spacial score (nSPS) is 15.6. The van der Waals surface area contributed by atoms with Gasteiger partial charge >= 0.3 is 0 Å². The highest BCUT2D eigenvalue weighted by molar-refractivity contribution is 5.98. The van der Waals surface area contributed by atoms with E-state index in [0.29, 0.717) is 18.8 Å². The van der Waals surface area contributed by atoms with Crippen LogP contribution in [0, 0.1) is 41.4 Å². The fourth-order valence-electron chi connectivity index (χ4n) is 10.1. The Morgan fingerprint density at radius 3 is 1.38 bits per heavy atom. The van der Waals surface area contributed by atoms with Crippen LogP contribution in [0.1, 0.15) is 163 Å². The van der Waals surface area contributed by atoms with Crippen LogP contribution < -0.4 is 21.3 Å². The fourth-order valence-corrected chi connectivity index (χ4v) is 10.1. The first-order valence-electron chi connectivity index (χ1n) is 30.9. The maximum absolute atomic E-state index is 15.1. The zero-order valence-corrected chi connectivity index (χ0v) is 57.2. The molecule has 0 spiro atoms. The van der Waals surface area contributed by atoms with Gasteiger partial charge in [0, 0.05) is 62.8 Å². The van der Waals surface area contributed by atoms with Crippen LogP contribution in [0.15, 0.2) is 12.2 Å². The molecule has 11 atom stereocenters. The SMILES string of the molecule is CC=CCC(C)C(O)C(C(=O)NC(CC)C(=O)N(C)CC(=O)N(C)C(CC(C)C)C(=O)NC(C(=O)N(C)C)C(C)C)N(C)C(=O)C(C(C)C)N(C)C(=O)C(CC(C)C)N(C)C(=O)C(CC(C)C)N(C)C(=O)C(C)NC(=O)C(C)NC(=O)CCC(C)C. The van der Waals surface area contributed by atoms with E-state index in [9.17, 15) is 48.3 Å². The number of nitrogens with one attached hydrogen (secondary N) is 4. The van der Waals surface area contributed by atoms with Crippen LogP contribution in [0.25, 0.3) is 0 Å². The van der Waals surface area contributed by atoms with Gasteiger partial charge in [-0.05, 0) is 101 Å². The molecular weight excluding hydrogens is 1100 g/mol. The van der Waals surface area contributed by atoms with Gasteiger partial charge < -0.3 is 60.7 Å². The molecule has 0 saturated carbocycles. The van der Waals surface area contributed by atoms with E-state index in [1.807, 2.05) is 55.4 Å². The van der Waals surface area contributed by atoms with Gasteiger partial charge in [-0.25, -0.2) is 0 Å². The quantitative estimate of drug-likeness (QED) is 0.0559. The number of nitrogens with zero attached hydrogens (tertiary/aromatic N) is 7. The fraction of sp³-hybridized carbons (Fsp3) is 0.794. The predicted molar refractivity (Wildman–Crippen MR) is 335 cm³/mol. The van der Waals surface area contributed by atoms with E-state index >= 15 is 9.59 Å². The molecule has 0 aliphatic rings. The molecule has 0 fully saturated rings. The Balaban J connectivity index is 7.10. The average Bonchev–Trinajstić information content (AvgIpc) is 1.70. The number of allylic oxidation sites excluding steroid dienone is 2. The third-order valence-corrected chi connectivity index (χ3v) is 15.7. The van der Waals surface area contributed by atoms with Crippen molar-refractivity contribution in [1.29, 1.82) is 0 Å². The second kappa shape index (κ2) is 37.5. The Morgan fingerprint density at radius 2 is 0.942 bits per heavy atom. The number of aliphatic hydroxyl groups is 1. The zero-order chi connectivity index (χ0) is 67.1. The minimum absolute atomic E-state index is 0.0360. The molecule has 0 saturated heterocycles. The summed E-state index contributed by atoms with van der Waals surface area (Å²) in [6.45, 7) is 30.0. The van der Waals surface area contributed by atoms with E-state index < -0.39 is 132 Å². The number of carbonyl (C=O) groups is 11. The molecule has 0 radical (unpaired) electrons. The largest absolute Gasteiger partial charge is 0.390 e. The molecule has 0 heterocycles. The number of aliphatic hydroxyl groups excluding tert-OH is 1. The van der Waals surface area contributed by atoms with Gasteiger partial charge in [-0.3, -0.25) is 52.7 Å². The van der Waals surface area contributed by atoms with Crippen molar-refractivity contribution in [3.05, 3.63) is 12.2 Å². The first-order chi connectivity index (χ1) is 39.6. The molecule has 11 unspecified atom stereocenters. The molecule has 11 amide bonds. The Kier molecular flexibility index (Phi) is 34.9. The van der Waals surface area contributed by atoms with Crippen LogP contribution >= 0.6 is 0 Å². The van der Waals surface area contributed by atoms with Crippen LogP contribution in [-0.4, -0.2) is 228 Å². The second-order valence-electron chi connectivity index (χ2n) is 26.2. The molecule has 0 bridgehead atoms. The number of rotatable bonds is 36. The lowest BCUT2D eigenvalue weighted by Crippen LogP contribution is -2.63. The summed E-state index contributed by atoms with van der Waals surface area (Å²) < 4.78 is 0. The lowest BCUT2D eigenvalue weighted by atomic mass is 9.91. The highest BCUT2D eigenvalue weighted by atomic mass is 16.3. The third kappa shape index (κ3) is 24.6. The van der Waals surface area contributed by atoms with Gasteiger partial charge in [0.15, 0.2) is 0 Å². The van der Waals surface area contributed by atoms with Crippen LogP contribution in [0.5, 0.6) is 0 Å². The molecule has 86 heavy (non-hydrogen) atoms. The van der Waals surface area contributed by atoms with E-state index in [0.717, 1.165) is 9.80 Å². The van der Waals surface area contributed by atoms with Crippen LogP contribution in [0.2, 0.25) is 0 Å². The van der Waals surface area contributed by atoms with Crippen molar-refractivity contribution in [2.75, 3.05) is 62.9 Å². The maximum Gasteiger partial charge on any atom is 0.246 e. The molecule has 23 heteroatoms. The van der Waals surface area contributed by atoms with Crippen LogP contribution in [0.3, 0.4) is 0 Å². The van der Waals surface area contributed by atoms with Crippen molar-refractivity contribution in [3.63, 3.8) is 0 Å². The van der Waals surface area contributed by atoms with Gasteiger partial charge in [0.2, 0.25) is 65.0 Å². The number of carbonyl (C=O) groups excluding carboxylic acids is 11. The molecule has 0 aromatic heterocycles. The molecule has 494 valence electrons. The minimum Gasteiger partial charge on any atom is -0.390 e. The Morgan fingerprint density at radius 1 is 0.465 bits per heavy atom. The van der Waals surface area contributed by atoms with E-state index in [4.69, 9.17) is 0 Å². The van der Waals surface area contributed by atoms with Crippen LogP contribution in [0.4, 0.5) is 0 Å². The highest BCUT2D eigenvalue weighted by Gasteiger charge is 2.45. The lowest BCUT2D eigenvalue weighted by Gasteiger charge is -2.41. The maximum atomic E-state index is 15.1. The summed E-state index contributed by atoms with van der Waals surface area (Å²) in [6.07, 6.45) is 3.92. The third-order valence-electron chi connectivity index (χ3n) is 15.7.